The highest BCUT2D eigenvalue weighted by atomic mass is 16.4. The van der Waals surface area contributed by atoms with Gasteiger partial charge in [0, 0.05) is 13.6 Å². The van der Waals surface area contributed by atoms with Crippen molar-refractivity contribution >= 4 is 11.7 Å². The molecule has 1 saturated carbocycles. The zero-order valence-electron chi connectivity index (χ0n) is 8.60. The Morgan fingerprint density at radius 1 is 1.71 bits per heavy atom. The third-order valence-electron chi connectivity index (χ3n) is 2.67. The van der Waals surface area contributed by atoms with Gasteiger partial charge in [-0.3, -0.25) is 4.79 Å². The largest absolute Gasteiger partial charge is 0.409 e. The molecule has 0 radical (unpaired) electrons. The second-order valence-corrected chi connectivity index (χ2v) is 4.02. The van der Waals surface area contributed by atoms with Gasteiger partial charge in [0.2, 0.25) is 5.91 Å². The van der Waals surface area contributed by atoms with Gasteiger partial charge in [-0.15, -0.1) is 0 Å². The second-order valence-electron chi connectivity index (χ2n) is 4.02. The first kappa shape index (κ1) is 10.8. The highest BCUT2D eigenvalue weighted by Gasteiger charge is 2.34. The van der Waals surface area contributed by atoms with E-state index in [4.69, 9.17) is 10.9 Å². The maximum atomic E-state index is 11.4. The summed E-state index contributed by atoms with van der Waals surface area (Å²) in [5.41, 5.74) is 5.24. The van der Waals surface area contributed by atoms with Crippen LogP contribution in [0.2, 0.25) is 0 Å². The number of hydrogen-bond acceptors (Lipinski definition) is 3. The summed E-state index contributed by atoms with van der Waals surface area (Å²) in [5.74, 6) is 1.23. The average molecular weight is 199 g/mol. The van der Waals surface area contributed by atoms with E-state index >= 15 is 0 Å². The van der Waals surface area contributed by atoms with Gasteiger partial charge in [-0.2, -0.15) is 0 Å². The molecule has 0 aromatic heterocycles. The van der Waals surface area contributed by atoms with Crippen molar-refractivity contribution in [2.45, 2.75) is 19.8 Å². The number of carbonyl (C=O) groups is 1. The first-order chi connectivity index (χ1) is 6.54. The molecule has 0 aromatic carbocycles. The maximum absolute atomic E-state index is 11.4. The van der Waals surface area contributed by atoms with Crippen LogP contribution in [0.25, 0.3) is 0 Å². The number of hydrogen-bond donors (Lipinski definition) is 2. The molecule has 1 aliphatic rings. The summed E-state index contributed by atoms with van der Waals surface area (Å²) in [4.78, 5) is 13.1. The van der Waals surface area contributed by atoms with Crippen LogP contribution >= 0.6 is 0 Å². The number of rotatable bonds is 4. The Morgan fingerprint density at radius 3 is 2.71 bits per heavy atom. The summed E-state index contributed by atoms with van der Waals surface area (Å²) in [6.45, 7) is 2.95. The zero-order valence-corrected chi connectivity index (χ0v) is 8.60. The topological polar surface area (TPSA) is 78.9 Å². The van der Waals surface area contributed by atoms with Gasteiger partial charge in [-0.05, 0) is 18.3 Å². The number of amides is 1. The van der Waals surface area contributed by atoms with E-state index < -0.39 is 0 Å². The van der Waals surface area contributed by atoms with Crippen molar-refractivity contribution in [2.24, 2.45) is 22.7 Å². The van der Waals surface area contributed by atoms with Crippen LogP contribution in [0.4, 0.5) is 0 Å². The lowest BCUT2D eigenvalue weighted by atomic mass is 10.3. The molecule has 5 nitrogen and oxygen atoms in total. The summed E-state index contributed by atoms with van der Waals surface area (Å²) in [6, 6.07) is 0. The van der Waals surface area contributed by atoms with Crippen LogP contribution in [-0.4, -0.2) is 35.4 Å². The van der Waals surface area contributed by atoms with Crippen molar-refractivity contribution in [3.8, 4) is 0 Å². The Kier molecular flexibility index (Phi) is 3.33. The lowest BCUT2D eigenvalue weighted by Gasteiger charge is -2.16. The molecule has 5 heteroatoms. The molecule has 2 unspecified atom stereocenters. The molecule has 0 heterocycles. The second kappa shape index (κ2) is 4.30. The molecule has 2 atom stereocenters. The predicted octanol–water partition coefficient (Wildman–Crippen LogP) is 0.237. The lowest BCUT2D eigenvalue weighted by molar-refractivity contribution is -0.128. The lowest BCUT2D eigenvalue weighted by Crippen LogP contribution is -2.32. The standard InChI is InChI=1S/C9H17N3O2/c1-6-3-7(6)5-12(2)9(13)4-8(10)11-14/h6-7,14H,3-5H2,1-2H3,(H2,10,11). The van der Waals surface area contributed by atoms with Crippen LogP contribution in [0, 0.1) is 11.8 Å². The molecule has 3 N–H and O–H groups in total. The van der Waals surface area contributed by atoms with Gasteiger partial charge in [0.15, 0.2) is 0 Å². The Balaban J connectivity index is 2.29. The molecular formula is C9H17N3O2. The molecule has 0 spiro atoms. The number of nitrogens with two attached hydrogens (primary N) is 1. The summed E-state index contributed by atoms with van der Waals surface area (Å²) in [7, 11) is 1.75. The van der Waals surface area contributed by atoms with Gasteiger partial charge in [0.05, 0.1) is 6.42 Å². The zero-order chi connectivity index (χ0) is 10.7. The van der Waals surface area contributed by atoms with Crippen molar-refractivity contribution in [1.82, 2.24) is 4.90 Å². The third-order valence-corrected chi connectivity index (χ3v) is 2.67. The Hall–Kier alpha value is -1.26. The summed E-state index contributed by atoms with van der Waals surface area (Å²) >= 11 is 0. The fourth-order valence-corrected chi connectivity index (χ4v) is 1.43. The van der Waals surface area contributed by atoms with Crippen molar-refractivity contribution in [2.75, 3.05) is 13.6 Å². The summed E-state index contributed by atoms with van der Waals surface area (Å²) in [6.07, 6.45) is 1.19. The molecule has 1 amide bonds. The predicted molar refractivity (Wildman–Crippen MR) is 52.9 cm³/mol. The Labute approximate surface area is 83.6 Å². The quantitative estimate of drug-likeness (QED) is 0.294. The van der Waals surface area contributed by atoms with Crippen LogP contribution in [-0.2, 0) is 4.79 Å². The van der Waals surface area contributed by atoms with Gasteiger partial charge in [-0.1, -0.05) is 12.1 Å². The number of amidine groups is 1. The van der Waals surface area contributed by atoms with Crippen LogP contribution in [0.5, 0.6) is 0 Å². The molecule has 0 saturated heterocycles. The fourth-order valence-electron chi connectivity index (χ4n) is 1.43. The highest BCUT2D eigenvalue weighted by Crippen LogP contribution is 2.37. The number of nitrogens with zero attached hydrogens (tertiary/aromatic N) is 2. The minimum absolute atomic E-state index is 0.00585. The van der Waals surface area contributed by atoms with E-state index in [-0.39, 0.29) is 18.2 Å². The minimum atomic E-state index is -0.0978. The maximum Gasteiger partial charge on any atom is 0.230 e. The first-order valence-corrected chi connectivity index (χ1v) is 4.75. The van der Waals surface area contributed by atoms with E-state index in [2.05, 4.69) is 12.1 Å². The molecule has 0 bridgehead atoms. The molecule has 0 aromatic rings. The van der Waals surface area contributed by atoms with E-state index in [0.717, 1.165) is 12.5 Å². The molecular weight excluding hydrogens is 182 g/mol. The third kappa shape index (κ3) is 2.90. The summed E-state index contributed by atoms with van der Waals surface area (Å²) in [5, 5.41) is 11.1. The van der Waals surface area contributed by atoms with E-state index in [1.54, 1.807) is 11.9 Å². The SMILES string of the molecule is CC1CC1CN(C)C(=O)CC(N)=NO. The highest BCUT2D eigenvalue weighted by molar-refractivity contribution is 5.98. The van der Waals surface area contributed by atoms with Crippen LogP contribution in [0.15, 0.2) is 5.16 Å². The van der Waals surface area contributed by atoms with Gasteiger partial charge in [0.25, 0.3) is 0 Å². The van der Waals surface area contributed by atoms with Crippen molar-refractivity contribution < 1.29 is 10.0 Å². The van der Waals surface area contributed by atoms with E-state index in [1.165, 1.54) is 6.42 Å². The van der Waals surface area contributed by atoms with Crippen LogP contribution < -0.4 is 5.73 Å². The molecule has 0 aliphatic heterocycles. The van der Waals surface area contributed by atoms with Gasteiger partial charge < -0.3 is 15.8 Å². The number of oxime groups is 1. The minimum Gasteiger partial charge on any atom is -0.409 e. The smallest absolute Gasteiger partial charge is 0.230 e. The van der Waals surface area contributed by atoms with E-state index in [0.29, 0.717) is 5.92 Å². The monoisotopic (exact) mass is 199 g/mol. The van der Waals surface area contributed by atoms with Crippen molar-refractivity contribution in [1.29, 1.82) is 0 Å². The normalized spacial score (nSPS) is 26.0. The van der Waals surface area contributed by atoms with Gasteiger partial charge in [0.1, 0.15) is 5.84 Å². The van der Waals surface area contributed by atoms with Crippen molar-refractivity contribution in [3.05, 3.63) is 0 Å². The van der Waals surface area contributed by atoms with E-state index in [9.17, 15) is 4.79 Å². The molecule has 80 valence electrons. The van der Waals surface area contributed by atoms with Crippen molar-refractivity contribution in [3.63, 3.8) is 0 Å². The van der Waals surface area contributed by atoms with Gasteiger partial charge >= 0.3 is 0 Å². The Bertz CT molecular complexity index is 252. The molecule has 1 fully saturated rings. The summed E-state index contributed by atoms with van der Waals surface area (Å²) < 4.78 is 0. The first-order valence-electron chi connectivity index (χ1n) is 4.75. The number of carbonyl (C=O) groups excluding carboxylic acids is 1. The molecule has 14 heavy (non-hydrogen) atoms. The van der Waals surface area contributed by atoms with Gasteiger partial charge in [-0.25, -0.2) is 0 Å². The molecule has 1 aliphatic carbocycles. The average Bonchev–Trinajstić information content (AvgIpc) is 2.81. The van der Waals surface area contributed by atoms with E-state index in [1.807, 2.05) is 0 Å². The molecule has 1 rings (SSSR count). The van der Waals surface area contributed by atoms with Crippen LogP contribution in [0.1, 0.15) is 19.8 Å². The van der Waals surface area contributed by atoms with Crippen LogP contribution in [0.3, 0.4) is 0 Å². The Morgan fingerprint density at radius 2 is 2.29 bits per heavy atom. The fraction of sp³-hybridized carbons (Fsp3) is 0.778.